The van der Waals surface area contributed by atoms with Crippen LogP contribution in [0, 0.1) is 10.1 Å². The van der Waals surface area contributed by atoms with E-state index in [1.54, 1.807) is 12.3 Å². The molecule has 158 valence electrons. The van der Waals surface area contributed by atoms with Gasteiger partial charge in [-0.1, -0.05) is 36.4 Å². The van der Waals surface area contributed by atoms with Crippen LogP contribution in [0.2, 0.25) is 0 Å². The number of nitrogens with zero attached hydrogens (tertiary/aromatic N) is 3. The summed E-state index contributed by atoms with van der Waals surface area (Å²) in [5.41, 5.74) is 5.16. The predicted molar refractivity (Wildman–Crippen MR) is 121 cm³/mol. The molecule has 0 aliphatic heterocycles. The molecule has 8 heteroatoms. The summed E-state index contributed by atoms with van der Waals surface area (Å²) in [4.78, 5) is 30.6. The Hall–Kier alpha value is -4.46. The summed E-state index contributed by atoms with van der Waals surface area (Å²) in [6, 6.07) is 20.5. The standard InChI is InChI=1S/C24H19N5O3/c30-24(20-13-25-21-10-9-18(29(31)32)11-19(20)21)26-12-16-5-7-17(8-6-16)14-28-15-27-22-3-1-2-4-23(22)28/h1-11,13,15,25H,12,14H2,(H,26,30). The zero-order chi connectivity index (χ0) is 22.1. The molecule has 3 aromatic carbocycles. The number of para-hydroxylation sites is 2. The Balaban J connectivity index is 1.26. The van der Waals surface area contributed by atoms with Crippen LogP contribution in [0.5, 0.6) is 0 Å². The number of hydrogen-bond acceptors (Lipinski definition) is 4. The monoisotopic (exact) mass is 425 g/mol. The van der Waals surface area contributed by atoms with E-state index >= 15 is 0 Å². The lowest BCUT2D eigenvalue weighted by molar-refractivity contribution is -0.384. The third-order valence-corrected chi connectivity index (χ3v) is 5.48. The van der Waals surface area contributed by atoms with Gasteiger partial charge < -0.3 is 14.9 Å². The van der Waals surface area contributed by atoms with Gasteiger partial charge in [0.2, 0.25) is 0 Å². The van der Waals surface area contributed by atoms with Crippen molar-refractivity contribution in [1.82, 2.24) is 19.9 Å². The van der Waals surface area contributed by atoms with Gasteiger partial charge in [0.05, 0.1) is 27.8 Å². The van der Waals surface area contributed by atoms with E-state index in [1.165, 1.54) is 12.1 Å². The Labute approximate surface area is 182 Å². The number of nitro benzene ring substituents is 1. The molecule has 0 spiro atoms. The summed E-state index contributed by atoms with van der Waals surface area (Å²) in [6.07, 6.45) is 3.41. The number of rotatable bonds is 6. The first-order chi connectivity index (χ1) is 15.6. The molecule has 0 bridgehead atoms. The number of imidazole rings is 1. The van der Waals surface area contributed by atoms with Crippen LogP contribution >= 0.6 is 0 Å². The second-order valence-corrected chi connectivity index (χ2v) is 7.55. The number of hydrogen-bond donors (Lipinski definition) is 2. The second kappa shape index (κ2) is 7.99. The smallest absolute Gasteiger partial charge is 0.270 e. The molecule has 0 atom stereocenters. The highest BCUT2D eigenvalue weighted by Crippen LogP contribution is 2.23. The number of nitrogens with one attached hydrogen (secondary N) is 2. The first-order valence-corrected chi connectivity index (χ1v) is 10.1. The molecule has 5 rings (SSSR count). The summed E-state index contributed by atoms with van der Waals surface area (Å²) in [5, 5.41) is 14.5. The number of amides is 1. The lowest BCUT2D eigenvalue weighted by Crippen LogP contribution is -2.22. The third kappa shape index (κ3) is 3.69. The highest BCUT2D eigenvalue weighted by molar-refractivity contribution is 6.07. The van der Waals surface area contributed by atoms with E-state index in [2.05, 4.69) is 19.9 Å². The molecule has 0 unspecified atom stereocenters. The minimum Gasteiger partial charge on any atom is -0.360 e. The van der Waals surface area contributed by atoms with Crippen LogP contribution in [-0.4, -0.2) is 25.4 Å². The number of aromatic amines is 1. The summed E-state index contributed by atoms with van der Waals surface area (Å²) in [7, 11) is 0. The van der Waals surface area contributed by atoms with Gasteiger partial charge in [0.1, 0.15) is 0 Å². The fourth-order valence-electron chi connectivity index (χ4n) is 3.78. The average molecular weight is 425 g/mol. The lowest BCUT2D eigenvalue weighted by Gasteiger charge is -2.08. The molecule has 2 N–H and O–H groups in total. The first kappa shape index (κ1) is 19.5. The number of non-ortho nitro benzene ring substituents is 1. The van der Waals surface area contributed by atoms with E-state index in [0.29, 0.717) is 29.6 Å². The van der Waals surface area contributed by atoms with Crippen LogP contribution in [-0.2, 0) is 13.1 Å². The van der Waals surface area contributed by atoms with Crippen LogP contribution in [0.25, 0.3) is 21.9 Å². The molecule has 2 heterocycles. The quantitative estimate of drug-likeness (QED) is 0.311. The van der Waals surface area contributed by atoms with Crippen molar-refractivity contribution in [2.24, 2.45) is 0 Å². The molecule has 0 radical (unpaired) electrons. The van der Waals surface area contributed by atoms with E-state index in [4.69, 9.17) is 0 Å². The molecule has 5 aromatic rings. The van der Waals surface area contributed by atoms with Gasteiger partial charge in [-0.15, -0.1) is 0 Å². The predicted octanol–water partition coefficient (Wildman–Crippen LogP) is 4.40. The van der Waals surface area contributed by atoms with Crippen LogP contribution in [0.4, 0.5) is 5.69 Å². The SMILES string of the molecule is O=C(NCc1ccc(Cn2cnc3ccccc32)cc1)c1c[nH]c2ccc([N+](=O)[O-])cc12. The maximum Gasteiger partial charge on any atom is 0.270 e. The van der Waals surface area contributed by atoms with E-state index < -0.39 is 4.92 Å². The number of benzene rings is 3. The van der Waals surface area contributed by atoms with Crippen LogP contribution in [0.1, 0.15) is 21.5 Å². The number of carbonyl (C=O) groups excluding carboxylic acids is 1. The van der Waals surface area contributed by atoms with E-state index in [9.17, 15) is 14.9 Å². The van der Waals surface area contributed by atoms with Crippen molar-refractivity contribution in [3.8, 4) is 0 Å². The second-order valence-electron chi connectivity index (χ2n) is 7.55. The van der Waals surface area contributed by atoms with Gasteiger partial charge in [-0.2, -0.15) is 0 Å². The fraction of sp³-hybridized carbons (Fsp3) is 0.0833. The van der Waals surface area contributed by atoms with Gasteiger partial charge in [0.25, 0.3) is 11.6 Å². The molecule has 1 amide bonds. The largest absolute Gasteiger partial charge is 0.360 e. The minimum atomic E-state index is -0.470. The number of carbonyl (C=O) groups is 1. The lowest BCUT2D eigenvalue weighted by atomic mass is 10.1. The highest BCUT2D eigenvalue weighted by Gasteiger charge is 2.15. The molecule has 0 aliphatic carbocycles. The minimum absolute atomic E-state index is 0.0487. The fourth-order valence-corrected chi connectivity index (χ4v) is 3.78. The molecule has 0 aliphatic rings. The molecule has 8 nitrogen and oxygen atoms in total. The van der Waals surface area contributed by atoms with Gasteiger partial charge in [-0.25, -0.2) is 4.98 Å². The molecule has 32 heavy (non-hydrogen) atoms. The Morgan fingerprint density at radius 2 is 1.84 bits per heavy atom. The Kier molecular flexibility index (Phi) is 4.87. The highest BCUT2D eigenvalue weighted by atomic mass is 16.6. The van der Waals surface area contributed by atoms with Gasteiger partial charge in [0, 0.05) is 42.3 Å². The van der Waals surface area contributed by atoms with Gasteiger partial charge in [0.15, 0.2) is 0 Å². The third-order valence-electron chi connectivity index (χ3n) is 5.48. The molecule has 0 fully saturated rings. The normalized spacial score (nSPS) is 11.1. The number of fused-ring (bicyclic) bond motifs is 2. The number of aromatic nitrogens is 3. The van der Waals surface area contributed by atoms with Crippen LogP contribution < -0.4 is 5.32 Å². The van der Waals surface area contributed by atoms with Crippen molar-refractivity contribution >= 4 is 33.5 Å². The Morgan fingerprint density at radius 3 is 2.66 bits per heavy atom. The number of nitro groups is 1. The Bertz CT molecular complexity index is 1450. The maximum atomic E-state index is 12.7. The summed E-state index contributed by atoms with van der Waals surface area (Å²) in [5.74, 6) is -0.286. The van der Waals surface area contributed by atoms with Crippen LogP contribution in [0.3, 0.4) is 0 Å². The van der Waals surface area contributed by atoms with Crippen molar-refractivity contribution in [3.63, 3.8) is 0 Å². The van der Waals surface area contributed by atoms with Crippen molar-refractivity contribution in [2.45, 2.75) is 13.1 Å². The zero-order valence-corrected chi connectivity index (χ0v) is 17.0. The molecular formula is C24H19N5O3. The average Bonchev–Trinajstić information content (AvgIpc) is 3.42. The summed E-state index contributed by atoms with van der Waals surface area (Å²) in [6.45, 7) is 1.07. The van der Waals surface area contributed by atoms with Crippen molar-refractivity contribution in [2.75, 3.05) is 0 Å². The van der Waals surface area contributed by atoms with Gasteiger partial charge in [-0.3, -0.25) is 14.9 Å². The van der Waals surface area contributed by atoms with Gasteiger partial charge in [-0.05, 0) is 29.3 Å². The van der Waals surface area contributed by atoms with Gasteiger partial charge >= 0.3 is 0 Å². The molecule has 0 saturated heterocycles. The molecule has 0 saturated carbocycles. The van der Waals surface area contributed by atoms with E-state index in [0.717, 1.165) is 22.2 Å². The van der Waals surface area contributed by atoms with E-state index in [-0.39, 0.29) is 11.6 Å². The summed E-state index contributed by atoms with van der Waals surface area (Å²) < 4.78 is 2.10. The molecule has 2 aromatic heterocycles. The summed E-state index contributed by atoms with van der Waals surface area (Å²) >= 11 is 0. The molecular weight excluding hydrogens is 406 g/mol. The Morgan fingerprint density at radius 1 is 1.06 bits per heavy atom. The van der Waals surface area contributed by atoms with Crippen molar-refractivity contribution in [1.29, 1.82) is 0 Å². The number of H-pyrrole nitrogens is 1. The van der Waals surface area contributed by atoms with E-state index in [1.807, 2.05) is 54.9 Å². The topological polar surface area (TPSA) is 106 Å². The zero-order valence-electron chi connectivity index (χ0n) is 17.0. The first-order valence-electron chi connectivity index (χ1n) is 10.1. The maximum absolute atomic E-state index is 12.7. The van der Waals surface area contributed by atoms with Crippen molar-refractivity contribution in [3.05, 3.63) is 106 Å². The van der Waals surface area contributed by atoms with Crippen LogP contribution in [0.15, 0.2) is 79.3 Å². The van der Waals surface area contributed by atoms with Crippen molar-refractivity contribution < 1.29 is 9.72 Å².